The summed E-state index contributed by atoms with van der Waals surface area (Å²) in [6.07, 6.45) is 0.429. The largest absolute Gasteiger partial charge is 0.459 e. The van der Waals surface area contributed by atoms with Crippen LogP contribution in [0.3, 0.4) is 0 Å². The van der Waals surface area contributed by atoms with Crippen LogP contribution in [0.1, 0.15) is 59.8 Å². The molecule has 1 saturated heterocycles. The zero-order valence-corrected chi connectivity index (χ0v) is 16.7. The standard InChI is InChI=1S/C20H26N2O5/c1-7-20(6)18(25)22(19(26)21-20)9-16(24)27-10-15-11(2)8-12(3)17(13(15)4)14(5)23/h8H,7,9-10H2,1-6H3,(H,21,26). The van der Waals surface area contributed by atoms with Crippen molar-refractivity contribution in [2.45, 2.75) is 60.1 Å². The van der Waals surface area contributed by atoms with Crippen molar-refractivity contribution in [3.8, 4) is 0 Å². The number of urea groups is 1. The number of benzene rings is 1. The first-order valence-electron chi connectivity index (χ1n) is 8.92. The number of hydrogen-bond acceptors (Lipinski definition) is 5. The van der Waals surface area contributed by atoms with Crippen molar-refractivity contribution in [3.63, 3.8) is 0 Å². The van der Waals surface area contributed by atoms with Crippen LogP contribution in [0.4, 0.5) is 4.79 Å². The van der Waals surface area contributed by atoms with E-state index in [4.69, 9.17) is 4.74 Å². The van der Waals surface area contributed by atoms with Crippen molar-refractivity contribution in [1.29, 1.82) is 0 Å². The lowest BCUT2D eigenvalue weighted by Gasteiger charge is -2.19. The highest BCUT2D eigenvalue weighted by Crippen LogP contribution is 2.24. The van der Waals surface area contributed by atoms with Crippen LogP contribution in [0.25, 0.3) is 0 Å². The van der Waals surface area contributed by atoms with E-state index in [-0.39, 0.29) is 12.4 Å². The molecule has 3 amide bonds. The van der Waals surface area contributed by atoms with Crippen molar-refractivity contribution >= 4 is 23.7 Å². The van der Waals surface area contributed by atoms with E-state index in [0.29, 0.717) is 12.0 Å². The average Bonchev–Trinajstić information content (AvgIpc) is 2.77. The number of imide groups is 1. The van der Waals surface area contributed by atoms with Gasteiger partial charge >= 0.3 is 12.0 Å². The van der Waals surface area contributed by atoms with Gasteiger partial charge in [-0.25, -0.2) is 4.79 Å². The number of carbonyl (C=O) groups is 4. The molecule has 1 aromatic rings. The van der Waals surface area contributed by atoms with E-state index in [0.717, 1.165) is 27.2 Å². The maximum absolute atomic E-state index is 12.3. The summed E-state index contributed by atoms with van der Waals surface area (Å²) in [6, 6.07) is 1.29. The molecule has 27 heavy (non-hydrogen) atoms. The van der Waals surface area contributed by atoms with Crippen LogP contribution in [0.5, 0.6) is 0 Å². The Labute approximate surface area is 159 Å². The van der Waals surface area contributed by atoms with Crippen LogP contribution in [0, 0.1) is 20.8 Å². The monoisotopic (exact) mass is 374 g/mol. The normalized spacial score (nSPS) is 19.3. The second-order valence-corrected chi connectivity index (χ2v) is 7.21. The summed E-state index contributed by atoms with van der Waals surface area (Å²) in [5.41, 5.74) is 2.97. The topological polar surface area (TPSA) is 92.8 Å². The average molecular weight is 374 g/mol. The first kappa shape index (κ1) is 20.6. The van der Waals surface area contributed by atoms with E-state index in [1.54, 1.807) is 13.8 Å². The van der Waals surface area contributed by atoms with Crippen molar-refractivity contribution < 1.29 is 23.9 Å². The number of amides is 3. The molecule has 1 aliphatic rings. The Kier molecular flexibility index (Phi) is 5.73. The lowest BCUT2D eigenvalue weighted by molar-refractivity contribution is -0.148. The molecule has 0 bridgehead atoms. The Bertz CT molecular complexity index is 830. The van der Waals surface area contributed by atoms with Crippen LogP contribution in [-0.2, 0) is 20.9 Å². The molecule has 1 heterocycles. The van der Waals surface area contributed by atoms with Crippen molar-refractivity contribution in [2.24, 2.45) is 0 Å². The molecule has 2 rings (SSSR count). The fraction of sp³-hybridized carbons (Fsp3) is 0.500. The number of ether oxygens (including phenoxy) is 1. The Hall–Kier alpha value is -2.70. The number of aryl methyl sites for hydroxylation is 2. The summed E-state index contributed by atoms with van der Waals surface area (Å²) >= 11 is 0. The minimum Gasteiger partial charge on any atom is -0.459 e. The molecule has 1 atom stereocenters. The Balaban J connectivity index is 2.11. The molecule has 0 saturated carbocycles. The Morgan fingerprint density at radius 2 is 1.81 bits per heavy atom. The van der Waals surface area contributed by atoms with E-state index < -0.39 is 30.0 Å². The predicted octanol–water partition coefficient (Wildman–Crippen LogP) is 2.58. The van der Waals surface area contributed by atoms with Gasteiger partial charge < -0.3 is 10.1 Å². The van der Waals surface area contributed by atoms with Gasteiger partial charge in [0.15, 0.2) is 5.78 Å². The number of carbonyl (C=O) groups excluding carboxylic acids is 4. The zero-order valence-electron chi connectivity index (χ0n) is 16.7. The predicted molar refractivity (Wildman–Crippen MR) is 99.4 cm³/mol. The van der Waals surface area contributed by atoms with Gasteiger partial charge in [-0.15, -0.1) is 0 Å². The van der Waals surface area contributed by atoms with Gasteiger partial charge in [-0.05, 0) is 63.3 Å². The lowest BCUT2D eigenvalue weighted by Crippen LogP contribution is -2.43. The molecule has 0 spiro atoms. The quantitative estimate of drug-likeness (QED) is 0.469. The van der Waals surface area contributed by atoms with Crippen LogP contribution in [-0.4, -0.2) is 40.7 Å². The number of nitrogens with zero attached hydrogens (tertiary/aromatic N) is 1. The molecule has 0 aromatic heterocycles. The highest BCUT2D eigenvalue weighted by atomic mass is 16.5. The third-order valence-corrected chi connectivity index (χ3v) is 5.20. The molecule has 146 valence electrons. The second-order valence-electron chi connectivity index (χ2n) is 7.21. The molecule has 1 aromatic carbocycles. The Morgan fingerprint density at radius 3 is 2.33 bits per heavy atom. The highest BCUT2D eigenvalue weighted by molar-refractivity contribution is 6.08. The number of esters is 1. The smallest absolute Gasteiger partial charge is 0.326 e. The van der Waals surface area contributed by atoms with Crippen LogP contribution < -0.4 is 5.32 Å². The SMILES string of the molecule is CCC1(C)NC(=O)N(CC(=O)OCc2c(C)cc(C)c(C(C)=O)c2C)C1=O. The third kappa shape index (κ3) is 3.86. The first-order valence-corrected chi connectivity index (χ1v) is 8.92. The van der Waals surface area contributed by atoms with Crippen molar-refractivity contribution in [1.82, 2.24) is 10.2 Å². The number of Topliss-reactive ketones (excluding diaryl/α,β-unsaturated/α-hetero) is 1. The number of rotatable bonds is 6. The molecule has 1 N–H and O–H groups in total. The van der Waals surface area contributed by atoms with Gasteiger partial charge in [0.2, 0.25) is 0 Å². The van der Waals surface area contributed by atoms with Crippen LogP contribution in [0.2, 0.25) is 0 Å². The Morgan fingerprint density at radius 1 is 1.19 bits per heavy atom. The third-order valence-electron chi connectivity index (χ3n) is 5.20. The fourth-order valence-corrected chi connectivity index (χ4v) is 3.45. The molecule has 7 heteroatoms. The van der Waals surface area contributed by atoms with Crippen LogP contribution >= 0.6 is 0 Å². The van der Waals surface area contributed by atoms with Gasteiger partial charge in [-0.3, -0.25) is 19.3 Å². The van der Waals surface area contributed by atoms with E-state index in [1.807, 2.05) is 26.8 Å². The summed E-state index contributed by atoms with van der Waals surface area (Å²) in [6.45, 7) is 10.0. The summed E-state index contributed by atoms with van der Waals surface area (Å²) < 4.78 is 5.30. The first-order chi connectivity index (χ1) is 12.5. The highest BCUT2D eigenvalue weighted by Gasteiger charge is 2.47. The molecular weight excluding hydrogens is 348 g/mol. The number of nitrogens with one attached hydrogen (secondary N) is 1. The summed E-state index contributed by atoms with van der Waals surface area (Å²) in [7, 11) is 0. The minimum absolute atomic E-state index is 0.0221. The van der Waals surface area contributed by atoms with Gasteiger partial charge in [0.1, 0.15) is 18.7 Å². The molecule has 1 aliphatic heterocycles. The van der Waals surface area contributed by atoms with Gasteiger partial charge in [-0.2, -0.15) is 0 Å². The summed E-state index contributed by atoms with van der Waals surface area (Å²) in [5, 5.41) is 2.60. The fourth-order valence-electron chi connectivity index (χ4n) is 3.45. The zero-order chi connectivity index (χ0) is 20.5. The minimum atomic E-state index is -0.988. The molecule has 1 fully saturated rings. The van der Waals surface area contributed by atoms with E-state index >= 15 is 0 Å². The van der Waals surface area contributed by atoms with E-state index in [2.05, 4.69) is 5.32 Å². The van der Waals surface area contributed by atoms with Gasteiger partial charge in [-0.1, -0.05) is 13.0 Å². The summed E-state index contributed by atoms with van der Waals surface area (Å²) in [4.78, 5) is 49.3. The maximum atomic E-state index is 12.3. The van der Waals surface area contributed by atoms with Crippen LogP contribution in [0.15, 0.2) is 6.07 Å². The molecule has 7 nitrogen and oxygen atoms in total. The number of ketones is 1. The van der Waals surface area contributed by atoms with E-state index in [9.17, 15) is 19.2 Å². The van der Waals surface area contributed by atoms with E-state index in [1.165, 1.54) is 6.92 Å². The van der Waals surface area contributed by atoms with Crippen molar-refractivity contribution in [3.05, 3.63) is 33.9 Å². The molecule has 1 unspecified atom stereocenters. The molecule has 0 radical (unpaired) electrons. The number of hydrogen-bond donors (Lipinski definition) is 1. The maximum Gasteiger partial charge on any atom is 0.326 e. The van der Waals surface area contributed by atoms with Gasteiger partial charge in [0.25, 0.3) is 5.91 Å². The molecule has 0 aliphatic carbocycles. The van der Waals surface area contributed by atoms with Gasteiger partial charge in [0, 0.05) is 5.56 Å². The molecular formula is C20H26N2O5. The second kappa shape index (κ2) is 7.50. The summed E-state index contributed by atoms with van der Waals surface area (Å²) in [5.74, 6) is -1.16. The van der Waals surface area contributed by atoms with Gasteiger partial charge in [0.05, 0.1) is 0 Å². The lowest BCUT2D eigenvalue weighted by atomic mass is 9.92. The van der Waals surface area contributed by atoms with Crippen molar-refractivity contribution in [2.75, 3.05) is 6.54 Å².